The van der Waals surface area contributed by atoms with Gasteiger partial charge in [-0.15, -0.1) is 0 Å². The van der Waals surface area contributed by atoms with Crippen LogP contribution in [0.2, 0.25) is 0 Å². The summed E-state index contributed by atoms with van der Waals surface area (Å²) in [5.41, 5.74) is 0.248. The number of rotatable bonds is 3. The molecule has 0 aliphatic heterocycles. The van der Waals surface area contributed by atoms with Crippen molar-refractivity contribution in [3.05, 3.63) is 23.5 Å². The number of carbonyl (C=O) groups is 1. The highest BCUT2D eigenvalue weighted by Gasteiger charge is 2.21. The molecule has 0 saturated carbocycles. The van der Waals surface area contributed by atoms with Gasteiger partial charge in [-0.05, 0) is 12.2 Å². The van der Waals surface area contributed by atoms with Crippen LogP contribution in [0, 0.1) is 0 Å². The Morgan fingerprint density at radius 1 is 1.47 bits per heavy atom. The Morgan fingerprint density at radius 2 is 2.12 bits per heavy atom. The molecule has 0 heterocycles. The average molecular weight is 260 g/mol. The molecule has 1 aliphatic carbocycles. The van der Waals surface area contributed by atoms with Crippen LogP contribution < -0.4 is 5.14 Å². The number of ether oxygens (including phenoxy) is 2. The molecule has 0 saturated heterocycles. The van der Waals surface area contributed by atoms with E-state index in [1.807, 2.05) is 0 Å². The smallest absolute Gasteiger partial charge is 0.341 e. The summed E-state index contributed by atoms with van der Waals surface area (Å²) in [6.45, 7) is 0. The quantitative estimate of drug-likeness (QED) is 0.698. The van der Waals surface area contributed by atoms with Gasteiger partial charge in [0.15, 0.2) is 0 Å². The van der Waals surface area contributed by atoms with Gasteiger partial charge in [-0.3, -0.25) is 0 Å². The second-order valence-corrected chi connectivity index (χ2v) is 4.34. The number of allylic oxidation sites excluding steroid dienone is 2. The summed E-state index contributed by atoms with van der Waals surface area (Å²) in [4.78, 5) is 11.4. The lowest BCUT2D eigenvalue weighted by molar-refractivity contribution is -0.136. The summed E-state index contributed by atoms with van der Waals surface area (Å²) in [6, 6.07) is 0. The van der Waals surface area contributed by atoms with Crippen LogP contribution in [0.4, 0.5) is 0 Å². The van der Waals surface area contributed by atoms with Gasteiger partial charge in [0.25, 0.3) is 0 Å². The van der Waals surface area contributed by atoms with Gasteiger partial charge >= 0.3 is 16.2 Å². The van der Waals surface area contributed by atoms with Crippen molar-refractivity contribution in [3.63, 3.8) is 0 Å². The van der Waals surface area contributed by atoms with E-state index in [0.29, 0.717) is 5.76 Å². The first-order valence-electron chi connectivity index (χ1n) is 4.53. The lowest BCUT2D eigenvalue weighted by atomic mass is 10.0. The molecule has 0 atom stereocenters. The Morgan fingerprint density at radius 3 is 2.59 bits per heavy atom. The van der Waals surface area contributed by atoms with Crippen molar-refractivity contribution in [2.24, 2.45) is 9.54 Å². The summed E-state index contributed by atoms with van der Waals surface area (Å²) in [5, 5.41) is 4.77. The van der Waals surface area contributed by atoms with E-state index in [0.717, 1.165) is 0 Å². The first kappa shape index (κ1) is 13.4. The molecule has 0 aromatic heterocycles. The van der Waals surface area contributed by atoms with E-state index >= 15 is 0 Å². The van der Waals surface area contributed by atoms with E-state index in [1.54, 1.807) is 0 Å². The molecular weight excluding hydrogens is 248 g/mol. The van der Waals surface area contributed by atoms with Crippen LogP contribution >= 0.6 is 0 Å². The second-order valence-electron chi connectivity index (χ2n) is 3.12. The monoisotopic (exact) mass is 260 g/mol. The summed E-state index contributed by atoms with van der Waals surface area (Å²) in [7, 11) is -1.38. The topological polar surface area (TPSA) is 108 Å². The van der Waals surface area contributed by atoms with E-state index in [9.17, 15) is 13.2 Å². The van der Waals surface area contributed by atoms with E-state index in [1.165, 1.54) is 26.4 Å². The maximum absolute atomic E-state index is 11.4. The molecule has 0 unspecified atom stereocenters. The van der Waals surface area contributed by atoms with Gasteiger partial charge in [0.1, 0.15) is 11.3 Å². The summed E-state index contributed by atoms with van der Waals surface area (Å²) < 4.78 is 34.4. The zero-order valence-corrected chi connectivity index (χ0v) is 10.2. The van der Waals surface area contributed by atoms with Crippen LogP contribution in [-0.4, -0.2) is 34.3 Å². The standard InChI is InChI=1S/C9H12N2O5S/c1-15-8-4-3-6(11-17(10,13)14)5-7(8)9(12)16-2/h4-5H,3H2,1-2H3,(H2,10,13,14). The lowest BCUT2D eigenvalue weighted by Gasteiger charge is -2.13. The van der Waals surface area contributed by atoms with Gasteiger partial charge in [-0.25, -0.2) is 9.93 Å². The van der Waals surface area contributed by atoms with Gasteiger partial charge in [-0.1, -0.05) is 0 Å². The normalized spacial score (nSPS) is 18.4. The fourth-order valence-electron chi connectivity index (χ4n) is 1.29. The Balaban J connectivity index is 3.15. The number of carbonyl (C=O) groups excluding carboxylic acids is 1. The van der Waals surface area contributed by atoms with Crippen molar-refractivity contribution < 1.29 is 22.7 Å². The molecule has 0 bridgehead atoms. The van der Waals surface area contributed by atoms with Crippen LogP contribution in [0.5, 0.6) is 0 Å². The molecule has 17 heavy (non-hydrogen) atoms. The number of nitrogens with two attached hydrogens (primary N) is 1. The summed E-state index contributed by atoms with van der Waals surface area (Å²) in [6.07, 6.45) is 3.01. The maximum Gasteiger partial charge on any atom is 0.341 e. The van der Waals surface area contributed by atoms with E-state index in [-0.39, 0.29) is 17.7 Å². The SMILES string of the molecule is COC(=O)C1=CC(=NS(N)(=O)=O)CC=C1OC. The van der Waals surface area contributed by atoms with E-state index in [2.05, 4.69) is 9.13 Å². The largest absolute Gasteiger partial charge is 0.496 e. The average Bonchev–Trinajstić information content (AvgIpc) is 2.25. The van der Waals surface area contributed by atoms with Crippen molar-refractivity contribution in [1.82, 2.24) is 0 Å². The van der Waals surface area contributed by atoms with E-state index < -0.39 is 16.2 Å². The van der Waals surface area contributed by atoms with Gasteiger partial charge in [-0.2, -0.15) is 12.8 Å². The zero-order chi connectivity index (χ0) is 13.1. The van der Waals surface area contributed by atoms with Crippen LogP contribution in [-0.2, 0) is 24.5 Å². The zero-order valence-electron chi connectivity index (χ0n) is 9.34. The minimum absolute atomic E-state index is 0.101. The highest BCUT2D eigenvalue weighted by atomic mass is 32.2. The first-order chi connectivity index (χ1) is 7.87. The summed E-state index contributed by atoms with van der Waals surface area (Å²) in [5.74, 6) is -0.329. The Labute approximate surface area is 98.8 Å². The number of esters is 1. The number of hydrogen-bond donors (Lipinski definition) is 1. The molecular formula is C9H12N2O5S. The van der Waals surface area contributed by atoms with Gasteiger partial charge in [0.2, 0.25) is 0 Å². The molecule has 0 spiro atoms. The Bertz CT molecular complexity index is 516. The molecule has 94 valence electrons. The van der Waals surface area contributed by atoms with Gasteiger partial charge in [0, 0.05) is 6.42 Å². The molecule has 0 aromatic rings. The molecule has 0 aromatic carbocycles. The fourth-order valence-corrected chi connectivity index (χ4v) is 1.75. The first-order valence-corrected chi connectivity index (χ1v) is 6.04. The highest BCUT2D eigenvalue weighted by Crippen LogP contribution is 2.19. The van der Waals surface area contributed by atoms with Crippen molar-refractivity contribution in [2.45, 2.75) is 6.42 Å². The number of hydrogen-bond acceptors (Lipinski definition) is 5. The van der Waals surface area contributed by atoms with Crippen LogP contribution in [0.25, 0.3) is 0 Å². The predicted octanol–water partition coefficient (Wildman–Crippen LogP) is -0.336. The van der Waals surface area contributed by atoms with Crippen molar-refractivity contribution >= 4 is 21.9 Å². The van der Waals surface area contributed by atoms with Crippen molar-refractivity contribution in [3.8, 4) is 0 Å². The van der Waals surface area contributed by atoms with Crippen molar-refractivity contribution in [1.29, 1.82) is 0 Å². The molecule has 7 nitrogen and oxygen atoms in total. The maximum atomic E-state index is 11.4. The molecule has 0 radical (unpaired) electrons. The highest BCUT2D eigenvalue weighted by molar-refractivity contribution is 7.88. The third-order valence-electron chi connectivity index (χ3n) is 1.94. The molecule has 8 heteroatoms. The van der Waals surface area contributed by atoms with Gasteiger partial charge in [0.05, 0.1) is 19.9 Å². The van der Waals surface area contributed by atoms with E-state index in [4.69, 9.17) is 9.88 Å². The molecule has 1 aliphatic rings. The molecule has 1 rings (SSSR count). The molecule has 2 N–H and O–H groups in total. The molecule has 0 fully saturated rings. The second kappa shape index (κ2) is 5.11. The van der Waals surface area contributed by atoms with Crippen LogP contribution in [0.15, 0.2) is 27.9 Å². The summed E-state index contributed by atoms with van der Waals surface area (Å²) >= 11 is 0. The Kier molecular flexibility index (Phi) is 4.02. The minimum atomic E-state index is -3.98. The van der Waals surface area contributed by atoms with Crippen molar-refractivity contribution in [2.75, 3.05) is 14.2 Å². The van der Waals surface area contributed by atoms with Gasteiger partial charge < -0.3 is 9.47 Å². The third-order valence-corrected chi connectivity index (χ3v) is 2.43. The molecule has 0 amide bonds. The third kappa shape index (κ3) is 3.68. The minimum Gasteiger partial charge on any atom is -0.496 e. The Hall–Kier alpha value is -1.67. The predicted molar refractivity (Wildman–Crippen MR) is 60.4 cm³/mol. The number of nitrogens with zero attached hydrogens (tertiary/aromatic N) is 1. The van der Waals surface area contributed by atoms with Crippen LogP contribution in [0.1, 0.15) is 6.42 Å². The number of methoxy groups -OCH3 is 2. The van der Waals surface area contributed by atoms with Crippen LogP contribution in [0.3, 0.4) is 0 Å². The lowest BCUT2D eigenvalue weighted by Crippen LogP contribution is -2.17. The fraction of sp³-hybridized carbons (Fsp3) is 0.333.